The quantitative estimate of drug-likeness (QED) is 0.268. The van der Waals surface area contributed by atoms with Gasteiger partial charge in [0.25, 0.3) is 0 Å². The number of carbonyl (C=O) groups excluding carboxylic acids is 1. The maximum absolute atomic E-state index is 16.6. The summed E-state index contributed by atoms with van der Waals surface area (Å²) in [6, 6.07) is 30.9. The Labute approximate surface area is 240 Å². The molecule has 1 amide bonds. The number of alkyl halides is 1. The molecule has 0 fully saturated rings. The van der Waals surface area contributed by atoms with Crippen molar-refractivity contribution in [2.24, 2.45) is 0 Å². The lowest BCUT2D eigenvalue weighted by Gasteiger charge is -2.43. The molecule has 4 aromatic carbocycles. The lowest BCUT2D eigenvalue weighted by atomic mass is 9.74. The van der Waals surface area contributed by atoms with E-state index in [2.05, 4.69) is 17.4 Å². The van der Waals surface area contributed by atoms with E-state index >= 15 is 4.39 Å². The molecular formula is C35H35FN2O3. The molecule has 1 N–H and O–H groups in total. The zero-order chi connectivity index (χ0) is 28.4. The van der Waals surface area contributed by atoms with Crippen LogP contribution in [0.25, 0.3) is 0 Å². The Balaban J connectivity index is 1.45. The van der Waals surface area contributed by atoms with E-state index in [4.69, 9.17) is 9.47 Å². The van der Waals surface area contributed by atoms with Gasteiger partial charge in [0.1, 0.15) is 0 Å². The summed E-state index contributed by atoms with van der Waals surface area (Å²) < 4.78 is 27.9. The van der Waals surface area contributed by atoms with E-state index in [1.54, 1.807) is 26.4 Å². The minimum absolute atomic E-state index is 0.0552. The first-order chi connectivity index (χ1) is 20.0. The van der Waals surface area contributed by atoms with Crippen molar-refractivity contribution in [3.63, 3.8) is 0 Å². The van der Waals surface area contributed by atoms with Crippen molar-refractivity contribution in [3.05, 3.63) is 130 Å². The molecule has 2 aliphatic rings. The number of ether oxygens (including phenoxy) is 2. The number of nitrogens with zero attached hydrogens (tertiary/aromatic N) is 1. The van der Waals surface area contributed by atoms with Gasteiger partial charge in [-0.15, -0.1) is 0 Å². The number of hydrogen-bond acceptors (Lipinski definition) is 4. The second-order valence-electron chi connectivity index (χ2n) is 10.9. The van der Waals surface area contributed by atoms with Crippen molar-refractivity contribution in [1.82, 2.24) is 10.2 Å². The van der Waals surface area contributed by atoms with Gasteiger partial charge >= 0.3 is 0 Å². The number of hydrogen-bond donors (Lipinski definition) is 1. The number of carbonyl (C=O) groups is 1. The highest BCUT2D eigenvalue weighted by Gasteiger charge is 2.44. The largest absolute Gasteiger partial charge is 0.493 e. The third kappa shape index (κ3) is 4.97. The number of fused-ring (bicyclic) bond motifs is 2. The molecule has 6 rings (SSSR count). The van der Waals surface area contributed by atoms with Crippen molar-refractivity contribution < 1.29 is 18.7 Å². The van der Waals surface area contributed by atoms with Crippen LogP contribution >= 0.6 is 0 Å². The molecule has 41 heavy (non-hydrogen) atoms. The Hall–Kier alpha value is -4.16. The van der Waals surface area contributed by atoms with Crippen molar-refractivity contribution in [2.45, 2.75) is 43.6 Å². The molecule has 0 bridgehead atoms. The molecule has 0 saturated carbocycles. The zero-order valence-electron chi connectivity index (χ0n) is 23.5. The van der Waals surface area contributed by atoms with E-state index in [1.807, 2.05) is 72.8 Å². The van der Waals surface area contributed by atoms with Crippen LogP contribution in [0.5, 0.6) is 11.5 Å². The molecule has 2 unspecified atom stereocenters. The SMILES string of the molecule is COc1cc2c(cc1OC)C(CC(=O)N(C1Cc3ccccc3C1)C(F)c1ccccc1)(c1ccccc1)NCC2. The summed E-state index contributed by atoms with van der Waals surface area (Å²) in [4.78, 5) is 16.1. The van der Waals surface area contributed by atoms with Crippen LogP contribution in [0.3, 0.4) is 0 Å². The highest BCUT2D eigenvalue weighted by molar-refractivity contribution is 5.80. The predicted octanol–water partition coefficient (Wildman–Crippen LogP) is 6.15. The topological polar surface area (TPSA) is 50.8 Å². The molecule has 0 radical (unpaired) electrons. The monoisotopic (exact) mass is 550 g/mol. The Bertz CT molecular complexity index is 1500. The molecular weight excluding hydrogens is 515 g/mol. The lowest BCUT2D eigenvalue weighted by molar-refractivity contribution is -0.142. The van der Waals surface area contributed by atoms with Crippen molar-refractivity contribution in [3.8, 4) is 11.5 Å². The van der Waals surface area contributed by atoms with Gasteiger partial charge in [-0.05, 0) is 59.2 Å². The van der Waals surface area contributed by atoms with Gasteiger partial charge in [-0.25, -0.2) is 4.39 Å². The molecule has 5 nitrogen and oxygen atoms in total. The number of rotatable bonds is 8. The Morgan fingerprint density at radius 2 is 1.46 bits per heavy atom. The van der Waals surface area contributed by atoms with Crippen LogP contribution in [0.4, 0.5) is 4.39 Å². The van der Waals surface area contributed by atoms with Gasteiger partial charge in [0.2, 0.25) is 12.2 Å². The fourth-order valence-electron chi connectivity index (χ4n) is 6.61. The third-order valence-corrected chi connectivity index (χ3v) is 8.60. The fourth-order valence-corrected chi connectivity index (χ4v) is 6.61. The molecule has 210 valence electrons. The summed E-state index contributed by atoms with van der Waals surface area (Å²) in [7, 11) is 3.24. The minimum Gasteiger partial charge on any atom is -0.493 e. The van der Waals surface area contributed by atoms with Gasteiger partial charge in [-0.1, -0.05) is 84.9 Å². The Morgan fingerprint density at radius 1 is 0.878 bits per heavy atom. The predicted molar refractivity (Wildman–Crippen MR) is 158 cm³/mol. The first-order valence-corrected chi connectivity index (χ1v) is 14.2. The molecule has 0 aromatic heterocycles. The van der Waals surface area contributed by atoms with Crippen LogP contribution in [-0.4, -0.2) is 37.6 Å². The molecule has 4 aromatic rings. The van der Waals surface area contributed by atoms with Crippen LogP contribution in [-0.2, 0) is 29.6 Å². The highest BCUT2D eigenvalue weighted by Crippen LogP contribution is 2.44. The van der Waals surface area contributed by atoms with E-state index in [-0.39, 0.29) is 18.4 Å². The number of amides is 1. The van der Waals surface area contributed by atoms with E-state index in [1.165, 1.54) is 16.0 Å². The van der Waals surface area contributed by atoms with Crippen molar-refractivity contribution in [2.75, 3.05) is 20.8 Å². The summed E-state index contributed by atoms with van der Waals surface area (Å²) >= 11 is 0. The first kappa shape index (κ1) is 27.0. The van der Waals surface area contributed by atoms with Gasteiger partial charge in [-0.3, -0.25) is 4.79 Å². The summed E-state index contributed by atoms with van der Waals surface area (Å²) in [5, 5.41) is 3.70. The molecule has 0 saturated heterocycles. The van der Waals surface area contributed by atoms with Gasteiger partial charge in [0, 0.05) is 18.2 Å². The fraction of sp³-hybridized carbons (Fsp3) is 0.286. The van der Waals surface area contributed by atoms with E-state index in [0.717, 1.165) is 23.1 Å². The molecule has 2 atom stereocenters. The number of nitrogens with one attached hydrogen (secondary N) is 1. The maximum atomic E-state index is 16.6. The van der Waals surface area contributed by atoms with Crippen molar-refractivity contribution in [1.29, 1.82) is 0 Å². The van der Waals surface area contributed by atoms with Crippen LogP contribution in [0, 0.1) is 0 Å². The van der Waals surface area contributed by atoms with Gasteiger partial charge < -0.3 is 19.7 Å². The lowest BCUT2D eigenvalue weighted by Crippen LogP contribution is -2.53. The van der Waals surface area contributed by atoms with Crippen LogP contribution < -0.4 is 14.8 Å². The van der Waals surface area contributed by atoms with Gasteiger partial charge in [0.05, 0.1) is 26.2 Å². The summed E-state index contributed by atoms with van der Waals surface area (Å²) in [5.41, 5.74) is 4.94. The second-order valence-corrected chi connectivity index (χ2v) is 10.9. The average Bonchev–Trinajstić information content (AvgIpc) is 3.45. The minimum atomic E-state index is -1.57. The third-order valence-electron chi connectivity index (χ3n) is 8.60. The Kier molecular flexibility index (Phi) is 7.50. The maximum Gasteiger partial charge on any atom is 0.227 e. The van der Waals surface area contributed by atoms with Crippen LogP contribution in [0.15, 0.2) is 97.1 Å². The molecule has 1 heterocycles. The molecule has 1 aliphatic carbocycles. The Morgan fingerprint density at radius 3 is 2.10 bits per heavy atom. The zero-order valence-corrected chi connectivity index (χ0v) is 23.5. The summed E-state index contributed by atoms with van der Waals surface area (Å²) in [6.45, 7) is 0.664. The van der Waals surface area contributed by atoms with E-state index < -0.39 is 11.8 Å². The number of benzene rings is 4. The molecule has 1 aliphatic heterocycles. The number of halogens is 1. The smallest absolute Gasteiger partial charge is 0.227 e. The first-order valence-electron chi connectivity index (χ1n) is 14.2. The van der Waals surface area contributed by atoms with Crippen LogP contribution in [0.1, 0.15) is 46.1 Å². The standard InChI is InChI=1S/C35H35FN2O3/c1-40-31-21-27-17-18-37-35(28-15-7-4-8-16-28,30(27)22-32(31)41-2)23-33(39)38(34(36)24-11-5-3-6-12-24)29-19-25-13-9-10-14-26(25)20-29/h3-16,21-22,29,34,37H,17-20,23H2,1-2H3. The van der Waals surface area contributed by atoms with Gasteiger partial charge in [0.15, 0.2) is 11.5 Å². The van der Waals surface area contributed by atoms with E-state index in [0.29, 0.717) is 36.4 Å². The van der Waals surface area contributed by atoms with Crippen LogP contribution in [0.2, 0.25) is 0 Å². The highest BCUT2D eigenvalue weighted by atomic mass is 19.1. The molecule has 0 spiro atoms. The number of methoxy groups -OCH3 is 2. The normalized spacial score (nSPS) is 18.7. The van der Waals surface area contributed by atoms with Gasteiger partial charge in [-0.2, -0.15) is 0 Å². The van der Waals surface area contributed by atoms with E-state index in [9.17, 15) is 4.79 Å². The average molecular weight is 551 g/mol. The second kappa shape index (κ2) is 11.4. The summed E-state index contributed by atoms with van der Waals surface area (Å²) in [6.07, 6.45) is 0.518. The summed E-state index contributed by atoms with van der Waals surface area (Å²) in [5.74, 6) is 1.01. The molecule has 6 heteroatoms. The van der Waals surface area contributed by atoms with Crippen molar-refractivity contribution >= 4 is 5.91 Å².